The quantitative estimate of drug-likeness (QED) is 0.364. The number of alkyl halides is 9. The number of allylic oxidation sites excluding steroid dienone is 2. The number of halogens is 9. The topological polar surface area (TPSA) is 9.23 Å². The van der Waals surface area contributed by atoms with Gasteiger partial charge in [-0.05, 0) is 19.1 Å². The van der Waals surface area contributed by atoms with E-state index in [2.05, 4.69) is 11.3 Å². The lowest BCUT2D eigenvalue weighted by molar-refractivity contribution is -0.397. The Morgan fingerprint density at radius 3 is 1.76 bits per heavy atom. The first-order valence-corrected chi connectivity index (χ1v) is 5.36. The van der Waals surface area contributed by atoms with Gasteiger partial charge in [0.2, 0.25) is 0 Å². The highest BCUT2D eigenvalue weighted by Gasteiger charge is 2.81. The number of rotatable bonds is 7. The molecule has 0 unspecified atom stereocenters. The Balaban J connectivity index is 5.09. The third-order valence-electron chi connectivity index (χ3n) is 2.38. The average Bonchev–Trinajstić information content (AvgIpc) is 2.32. The van der Waals surface area contributed by atoms with Gasteiger partial charge in [0.15, 0.2) is 0 Å². The van der Waals surface area contributed by atoms with Crippen LogP contribution in [0, 0.1) is 0 Å². The summed E-state index contributed by atoms with van der Waals surface area (Å²) >= 11 is 0. The van der Waals surface area contributed by atoms with Crippen molar-refractivity contribution >= 4 is 0 Å². The summed E-state index contributed by atoms with van der Waals surface area (Å²) < 4.78 is 117. The first-order valence-electron chi connectivity index (χ1n) is 5.36. The van der Waals surface area contributed by atoms with Crippen molar-refractivity contribution in [1.29, 1.82) is 0 Å². The fourth-order valence-electron chi connectivity index (χ4n) is 1.12. The van der Waals surface area contributed by atoms with Gasteiger partial charge in [-0.1, -0.05) is 6.58 Å². The molecule has 0 aromatic heterocycles. The van der Waals surface area contributed by atoms with Crippen LogP contribution in [0.25, 0.3) is 0 Å². The van der Waals surface area contributed by atoms with Crippen LogP contribution in [0.5, 0.6) is 0 Å². The van der Waals surface area contributed by atoms with Gasteiger partial charge in [-0.15, -0.1) is 0 Å². The lowest BCUT2D eigenvalue weighted by Crippen LogP contribution is -2.61. The standard InChI is InChI=1S/C11H11F9O/c1-3-7(4-2)21-6-5-8(12,13)9(14,15)10(16,17)11(18,19)20/h3-4H,1,5-6H2,2H3. The third-order valence-corrected chi connectivity index (χ3v) is 2.38. The van der Waals surface area contributed by atoms with Gasteiger partial charge in [-0.3, -0.25) is 0 Å². The molecule has 0 atom stereocenters. The molecule has 0 heterocycles. The summed E-state index contributed by atoms with van der Waals surface area (Å²) in [6.07, 6.45) is -6.62. The van der Waals surface area contributed by atoms with Gasteiger partial charge >= 0.3 is 23.9 Å². The lowest BCUT2D eigenvalue weighted by atomic mass is 10.0. The van der Waals surface area contributed by atoms with E-state index in [0.717, 1.165) is 6.08 Å². The zero-order valence-corrected chi connectivity index (χ0v) is 10.6. The van der Waals surface area contributed by atoms with Crippen LogP contribution in [0.2, 0.25) is 0 Å². The van der Waals surface area contributed by atoms with E-state index in [-0.39, 0.29) is 5.76 Å². The van der Waals surface area contributed by atoms with E-state index >= 15 is 0 Å². The van der Waals surface area contributed by atoms with Gasteiger partial charge in [-0.2, -0.15) is 39.5 Å². The molecule has 0 rings (SSSR count). The highest BCUT2D eigenvalue weighted by Crippen LogP contribution is 2.53. The van der Waals surface area contributed by atoms with Crippen LogP contribution in [-0.2, 0) is 4.74 Å². The second kappa shape index (κ2) is 6.18. The zero-order valence-electron chi connectivity index (χ0n) is 10.6. The molecule has 1 nitrogen and oxygen atoms in total. The van der Waals surface area contributed by atoms with Crippen molar-refractivity contribution in [2.75, 3.05) is 6.61 Å². The van der Waals surface area contributed by atoms with Gasteiger partial charge in [0, 0.05) is 0 Å². The van der Waals surface area contributed by atoms with Crippen molar-refractivity contribution in [1.82, 2.24) is 0 Å². The van der Waals surface area contributed by atoms with Gasteiger partial charge < -0.3 is 4.74 Å². The largest absolute Gasteiger partial charge is 0.494 e. The molecule has 0 aliphatic rings. The van der Waals surface area contributed by atoms with Crippen LogP contribution in [0.4, 0.5) is 39.5 Å². The maximum absolute atomic E-state index is 13.0. The second-order valence-corrected chi connectivity index (χ2v) is 3.84. The molecule has 0 aromatic rings. The van der Waals surface area contributed by atoms with Crippen LogP contribution in [0.3, 0.4) is 0 Å². The van der Waals surface area contributed by atoms with E-state index in [4.69, 9.17) is 0 Å². The molecule has 0 aliphatic carbocycles. The predicted octanol–water partition coefficient (Wildman–Crippen LogP) is 4.95. The number of hydrogen-bond acceptors (Lipinski definition) is 1. The molecule has 0 radical (unpaired) electrons. The molecule has 0 amide bonds. The third kappa shape index (κ3) is 3.85. The first-order chi connectivity index (χ1) is 9.24. The lowest BCUT2D eigenvalue weighted by Gasteiger charge is -2.33. The summed E-state index contributed by atoms with van der Waals surface area (Å²) in [5.41, 5.74) is 0. The Kier molecular flexibility index (Phi) is 5.79. The fraction of sp³-hybridized carbons (Fsp3) is 0.636. The Morgan fingerprint density at radius 1 is 0.952 bits per heavy atom. The maximum atomic E-state index is 13.0. The van der Waals surface area contributed by atoms with E-state index in [1.54, 1.807) is 0 Å². The van der Waals surface area contributed by atoms with Crippen molar-refractivity contribution < 1.29 is 44.3 Å². The number of hydrogen-bond donors (Lipinski definition) is 0. The van der Waals surface area contributed by atoms with Crippen molar-refractivity contribution in [3.63, 3.8) is 0 Å². The second-order valence-electron chi connectivity index (χ2n) is 3.84. The van der Waals surface area contributed by atoms with Gasteiger partial charge in [0.25, 0.3) is 0 Å². The Hall–Kier alpha value is -1.35. The molecule has 10 heteroatoms. The van der Waals surface area contributed by atoms with E-state index in [9.17, 15) is 39.5 Å². The molecule has 0 fully saturated rings. The molecule has 0 aromatic carbocycles. The van der Waals surface area contributed by atoms with Crippen molar-refractivity contribution in [3.8, 4) is 0 Å². The molecule has 0 spiro atoms. The minimum atomic E-state index is -6.87. The van der Waals surface area contributed by atoms with E-state index in [0.29, 0.717) is 0 Å². The molecule has 0 bridgehead atoms. The SMILES string of the molecule is C=CC(=CC)OCCC(F)(F)C(F)(F)C(F)(F)C(F)(F)F. The maximum Gasteiger partial charge on any atom is 0.460 e. The normalized spacial score (nSPS) is 15.0. The van der Waals surface area contributed by atoms with Crippen molar-refractivity contribution in [2.45, 2.75) is 37.3 Å². The Labute approximate surface area is 114 Å². The smallest absolute Gasteiger partial charge is 0.460 e. The van der Waals surface area contributed by atoms with Gasteiger partial charge in [-0.25, -0.2) is 0 Å². The van der Waals surface area contributed by atoms with Crippen LogP contribution < -0.4 is 0 Å². The summed E-state index contributed by atoms with van der Waals surface area (Å²) in [7, 11) is 0. The number of ether oxygens (including phenoxy) is 1. The minimum absolute atomic E-state index is 0.114. The molecule has 0 N–H and O–H groups in total. The van der Waals surface area contributed by atoms with Gasteiger partial charge in [0.05, 0.1) is 13.0 Å². The van der Waals surface area contributed by atoms with E-state index in [1.165, 1.54) is 13.0 Å². The molecule has 0 aliphatic heterocycles. The fourth-order valence-corrected chi connectivity index (χ4v) is 1.12. The van der Waals surface area contributed by atoms with Crippen LogP contribution in [0.1, 0.15) is 13.3 Å². The van der Waals surface area contributed by atoms with Crippen molar-refractivity contribution in [3.05, 3.63) is 24.5 Å². The van der Waals surface area contributed by atoms with Crippen LogP contribution >= 0.6 is 0 Å². The summed E-state index contributed by atoms with van der Waals surface area (Å²) in [4.78, 5) is 0. The summed E-state index contributed by atoms with van der Waals surface area (Å²) in [5, 5.41) is 0. The monoisotopic (exact) mass is 330 g/mol. The average molecular weight is 330 g/mol. The van der Waals surface area contributed by atoms with E-state index < -0.39 is 37.0 Å². The van der Waals surface area contributed by atoms with Crippen LogP contribution in [-0.4, -0.2) is 30.6 Å². The van der Waals surface area contributed by atoms with Gasteiger partial charge in [0.1, 0.15) is 5.76 Å². The van der Waals surface area contributed by atoms with Crippen LogP contribution in [0.15, 0.2) is 24.5 Å². The summed E-state index contributed by atoms with van der Waals surface area (Å²) in [6, 6.07) is 0. The summed E-state index contributed by atoms with van der Waals surface area (Å²) in [6.45, 7) is 3.35. The Bertz CT molecular complexity index is 395. The minimum Gasteiger partial charge on any atom is -0.494 e. The molecule has 21 heavy (non-hydrogen) atoms. The highest BCUT2D eigenvalue weighted by molar-refractivity contribution is 5.07. The van der Waals surface area contributed by atoms with Crippen molar-refractivity contribution in [2.24, 2.45) is 0 Å². The first kappa shape index (κ1) is 19.7. The molecule has 0 saturated heterocycles. The zero-order chi connectivity index (χ0) is 17.1. The molecular weight excluding hydrogens is 319 g/mol. The van der Waals surface area contributed by atoms with E-state index in [1.807, 2.05) is 0 Å². The molecule has 0 saturated carbocycles. The molecular formula is C11H11F9O. The molecule has 124 valence electrons. The summed E-state index contributed by atoms with van der Waals surface area (Å²) in [5.74, 6) is -19.2. The predicted molar refractivity (Wildman–Crippen MR) is 55.4 cm³/mol. The Morgan fingerprint density at radius 2 is 1.43 bits per heavy atom. The highest BCUT2D eigenvalue weighted by atomic mass is 19.4.